The van der Waals surface area contributed by atoms with Crippen LogP contribution in [0.15, 0.2) is 29.8 Å². The SMILES string of the molecule is O=C(NCc1cc(F)cc(C(F)(F)F)c1)[C@@]1(C2CC2)CC[C@@H](N2CCC(c3nccs3)CC2)CO1. The molecular weight excluding hydrogens is 482 g/mol. The van der Waals surface area contributed by atoms with Crippen molar-refractivity contribution in [1.82, 2.24) is 15.2 Å². The van der Waals surface area contributed by atoms with Crippen LogP contribution in [0, 0.1) is 11.7 Å². The molecule has 1 aliphatic carbocycles. The maximum atomic E-state index is 13.7. The number of piperidine rings is 1. The number of aromatic nitrogens is 1. The average Bonchev–Trinajstić information content (AvgIpc) is 3.56. The van der Waals surface area contributed by atoms with Gasteiger partial charge < -0.3 is 10.1 Å². The summed E-state index contributed by atoms with van der Waals surface area (Å²) in [5.41, 5.74) is -1.93. The van der Waals surface area contributed by atoms with E-state index in [4.69, 9.17) is 4.74 Å². The third-order valence-corrected chi connectivity index (χ3v) is 8.53. The van der Waals surface area contributed by atoms with Crippen molar-refractivity contribution in [3.63, 3.8) is 0 Å². The van der Waals surface area contributed by atoms with Crippen LogP contribution in [0.3, 0.4) is 0 Å². The number of carbonyl (C=O) groups excluding carboxylic acids is 1. The van der Waals surface area contributed by atoms with E-state index in [9.17, 15) is 22.4 Å². The van der Waals surface area contributed by atoms with Gasteiger partial charge in [0.2, 0.25) is 0 Å². The molecule has 0 bridgehead atoms. The maximum absolute atomic E-state index is 13.7. The number of likely N-dealkylation sites (tertiary alicyclic amines) is 1. The Morgan fingerprint density at radius 2 is 1.94 bits per heavy atom. The minimum absolute atomic E-state index is 0.0772. The quantitative estimate of drug-likeness (QED) is 0.547. The molecule has 2 atom stereocenters. The van der Waals surface area contributed by atoms with Gasteiger partial charge in [-0.3, -0.25) is 9.69 Å². The number of alkyl halides is 3. The van der Waals surface area contributed by atoms with Crippen LogP contribution in [0.1, 0.15) is 60.6 Å². The van der Waals surface area contributed by atoms with Gasteiger partial charge in [-0.25, -0.2) is 9.37 Å². The number of benzene rings is 1. The Labute approximate surface area is 205 Å². The second-order valence-electron chi connectivity index (χ2n) is 9.88. The largest absolute Gasteiger partial charge is 0.416 e. The summed E-state index contributed by atoms with van der Waals surface area (Å²) in [6, 6.07) is 2.61. The van der Waals surface area contributed by atoms with Crippen molar-refractivity contribution in [3.8, 4) is 0 Å². The van der Waals surface area contributed by atoms with Crippen LogP contribution in [0.2, 0.25) is 0 Å². The molecule has 1 amide bonds. The van der Waals surface area contributed by atoms with Crippen molar-refractivity contribution in [2.24, 2.45) is 5.92 Å². The summed E-state index contributed by atoms with van der Waals surface area (Å²) in [6.45, 7) is 2.24. The highest BCUT2D eigenvalue weighted by molar-refractivity contribution is 7.09. The number of ether oxygens (including phenoxy) is 1. The molecule has 2 saturated heterocycles. The van der Waals surface area contributed by atoms with E-state index >= 15 is 0 Å². The van der Waals surface area contributed by atoms with Crippen molar-refractivity contribution in [1.29, 1.82) is 0 Å². The van der Waals surface area contributed by atoms with Gasteiger partial charge in [-0.05, 0) is 81.3 Å². The fourth-order valence-corrected chi connectivity index (χ4v) is 6.31. The monoisotopic (exact) mass is 511 g/mol. The minimum Gasteiger partial charge on any atom is -0.363 e. The molecule has 2 aliphatic heterocycles. The molecule has 3 fully saturated rings. The number of rotatable bonds is 6. The van der Waals surface area contributed by atoms with Crippen molar-refractivity contribution in [2.45, 2.75) is 68.8 Å². The summed E-state index contributed by atoms with van der Waals surface area (Å²) in [7, 11) is 0. The molecule has 1 aromatic heterocycles. The van der Waals surface area contributed by atoms with Crippen LogP contribution in [0.5, 0.6) is 0 Å². The molecule has 3 aliphatic rings. The summed E-state index contributed by atoms with van der Waals surface area (Å²) in [6.07, 6.45) is 2.55. The lowest BCUT2D eigenvalue weighted by atomic mass is 9.85. The number of nitrogens with one attached hydrogen (secondary N) is 1. The second-order valence-corrected chi connectivity index (χ2v) is 10.8. The zero-order chi connectivity index (χ0) is 24.6. The summed E-state index contributed by atoms with van der Waals surface area (Å²) < 4.78 is 59.1. The van der Waals surface area contributed by atoms with Crippen molar-refractivity contribution >= 4 is 17.2 Å². The standard InChI is InChI=1S/C25H29F4N3O2S/c26-20-12-16(11-19(13-20)25(27,28)29)14-31-23(33)24(18-1-2-18)6-3-21(15-34-24)32-8-4-17(5-9-32)22-30-7-10-35-22/h7,10-13,17-18,21H,1-6,8-9,14-15H2,(H,31,33)/t21-,24+/m1/s1. The molecule has 0 spiro atoms. The first-order chi connectivity index (χ1) is 16.7. The van der Waals surface area contributed by atoms with E-state index in [1.807, 2.05) is 11.6 Å². The van der Waals surface area contributed by atoms with E-state index in [1.165, 1.54) is 5.01 Å². The number of thiazole rings is 1. The van der Waals surface area contributed by atoms with Crippen LogP contribution < -0.4 is 5.32 Å². The van der Waals surface area contributed by atoms with Crippen LogP contribution >= 0.6 is 11.3 Å². The van der Waals surface area contributed by atoms with Crippen LogP contribution in [-0.4, -0.2) is 47.1 Å². The van der Waals surface area contributed by atoms with E-state index < -0.39 is 23.2 Å². The molecule has 1 saturated carbocycles. The Kier molecular flexibility index (Phi) is 6.89. The van der Waals surface area contributed by atoms with Crippen LogP contribution in [-0.2, 0) is 22.3 Å². The second kappa shape index (κ2) is 9.78. The topological polar surface area (TPSA) is 54.5 Å². The Morgan fingerprint density at radius 3 is 2.54 bits per heavy atom. The molecule has 0 unspecified atom stereocenters. The van der Waals surface area contributed by atoms with E-state index in [1.54, 1.807) is 11.3 Å². The fourth-order valence-electron chi connectivity index (χ4n) is 5.50. The Bertz CT molecular complexity index is 1030. The first kappa shape index (κ1) is 24.6. The lowest BCUT2D eigenvalue weighted by molar-refractivity contribution is -0.165. The third kappa shape index (κ3) is 5.39. The maximum Gasteiger partial charge on any atom is 0.416 e. The molecule has 0 radical (unpaired) electrons. The van der Waals surface area contributed by atoms with Gasteiger partial charge in [-0.1, -0.05) is 0 Å². The minimum atomic E-state index is -4.65. The van der Waals surface area contributed by atoms with E-state index in [2.05, 4.69) is 15.2 Å². The smallest absolute Gasteiger partial charge is 0.363 e. The molecule has 3 heterocycles. The number of hydrogen-bond donors (Lipinski definition) is 1. The van der Waals surface area contributed by atoms with Crippen molar-refractivity contribution in [3.05, 3.63) is 51.7 Å². The highest BCUT2D eigenvalue weighted by Gasteiger charge is 2.54. The highest BCUT2D eigenvalue weighted by Crippen LogP contribution is 2.47. The van der Waals surface area contributed by atoms with Crippen molar-refractivity contribution in [2.75, 3.05) is 19.7 Å². The number of nitrogens with zero attached hydrogens (tertiary/aromatic N) is 2. The molecule has 5 nitrogen and oxygen atoms in total. The summed E-state index contributed by atoms with van der Waals surface area (Å²) in [4.78, 5) is 20.1. The average molecular weight is 512 g/mol. The van der Waals surface area contributed by atoms with Gasteiger partial charge in [0.05, 0.1) is 17.2 Å². The Hall–Kier alpha value is -2.04. The predicted octanol–water partition coefficient (Wildman–Crippen LogP) is 5.12. The van der Waals surface area contributed by atoms with Gasteiger partial charge in [0.25, 0.3) is 5.91 Å². The highest BCUT2D eigenvalue weighted by atomic mass is 32.1. The van der Waals surface area contributed by atoms with Crippen LogP contribution in [0.4, 0.5) is 17.6 Å². The molecule has 190 valence electrons. The molecule has 5 rings (SSSR count). The van der Waals surface area contributed by atoms with E-state index in [0.29, 0.717) is 25.0 Å². The molecule has 2 aromatic rings. The number of halogens is 4. The molecular formula is C25H29F4N3O2S. The number of hydrogen-bond acceptors (Lipinski definition) is 5. The van der Waals surface area contributed by atoms with E-state index in [0.717, 1.165) is 57.3 Å². The lowest BCUT2D eigenvalue weighted by Gasteiger charge is -2.44. The third-order valence-electron chi connectivity index (χ3n) is 7.59. The zero-order valence-electron chi connectivity index (χ0n) is 19.3. The van der Waals surface area contributed by atoms with Gasteiger partial charge >= 0.3 is 6.18 Å². The van der Waals surface area contributed by atoms with Gasteiger partial charge in [-0.2, -0.15) is 13.2 Å². The van der Waals surface area contributed by atoms with Gasteiger partial charge in [0.15, 0.2) is 0 Å². The first-order valence-corrected chi connectivity index (χ1v) is 13.0. The molecule has 1 N–H and O–H groups in total. The lowest BCUT2D eigenvalue weighted by Crippen LogP contribution is -2.57. The molecule has 1 aromatic carbocycles. The Balaban J connectivity index is 1.18. The summed E-state index contributed by atoms with van der Waals surface area (Å²) >= 11 is 1.71. The summed E-state index contributed by atoms with van der Waals surface area (Å²) in [5.74, 6) is -0.653. The van der Waals surface area contributed by atoms with Crippen LogP contribution in [0.25, 0.3) is 0 Å². The van der Waals surface area contributed by atoms with Crippen molar-refractivity contribution < 1.29 is 27.1 Å². The van der Waals surface area contributed by atoms with Gasteiger partial charge in [-0.15, -0.1) is 11.3 Å². The number of amides is 1. The molecule has 10 heteroatoms. The molecule has 35 heavy (non-hydrogen) atoms. The van der Waals surface area contributed by atoms with Gasteiger partial charge in [0.1, 0.15) is 11.4 Å². The Morgan fingerprint density at radius 1 is 1.17 bits per heavy atom. The van der Waals surface area contributed by atoms with Gasteiger partial charge in [0, 0.05) is 30.1 Å². The number of carbonyl (C=O) groups is 1. The summed E-state index contributed by atoms with van der Waals surface area (Å²) in [5, 5.41) is 5.96. The predicted molar refractivity (Wildman–Crippen MR) is 123 cm³/mol. The first-order valence-electron chi connectivity index (χ1n) is 12.2. The fraction of sp³-hybridized carbons (Fsp3) is 0.600. The normalized spacial score (nSPS) is 26.6. The zero-order valence-corrected chi connectivity index (χ0v) is 20.1. The van der Waals surface area contributed by atoms with E-state index in [-0.39, 0.29) is 30.0 Å².